The molecule has 25 heavy (non-hydrogen) atoms. The minimum atomic E-state index is -0.271. The van der Waals surface area contributed by atoms with Crippen molar-refractivity contribution in [3.8, 4) is 0 Å². The summed E-state index contributed by atoms with van der Waals surface area (Å²) in [4.78, 5) is 24.6. The standard InChI is InChI=1S/C19H14N4OS/c24-19(16-12-20-9-10-21-16)22-14-7-5-13(6-8-14)11-18-23-15-3-1-2-4-17(15)25-18/h1-10,12H,11H2,(H,22,24). The molecule has 4 aromatic rings. The number of nitrogens with zero attached hydrogens (tertiary/aromatic N) is 3. The highest BCUT2D eigenvalue weighted by molar-refractivity contribution is 7.18. The molecule has 1 N–H and O–H groups in total. The van der Waals surface area contributed by atoms with Crippen LogP contribution < -0.4 is 5.32 Å². The molecule has 1 amide bonds. The van der Waals surface area contributed by atoms with Crippen molar-refractivity contribution < 1.29 is 4.79 Å². The Morgan fingerprint density at radius 3 is 2.64 bits per heavy atom. The van der Waals surface area contributed by atoms with Crippen LogP contribution in [-0.4, -0.2) is 20.9 Å². The van der Waals surface area contributed by atoms with Gasteiger partial charge in [0, 0.05) is 24.5 Å². The second-order valence-electron chi connectivity index (χ2n) is 5.49. The largest absolute Gasteiger partial charge is 0.321 e. The summed E-state index contributed by atoms with van der Waals surface area (Å²) in [6.07, 6.45) is 5.25. The monoisotopic (exact) mass is 346 g/mol. The average Bonchev–Trinajstić information content (AvgIpc) is 3.06. The number of thiazole rings is 1. The van der Waals surface area contributed by atoms with Gasteiger partial charge in [-0.25, -0.2) is 9.97 Å². The van der Waals surface area contributed by atoms with Crippen molar-refractivity contribution in [3.05, 3.63) is 83.4 Å². The zero-order chi connectivity index (χ0) is 17.1. The minimum absolute atomic E-state index is 0.271. The fraction of sp³-hybridized carbons (Fsp3) is 0.0526. The molecule has 0 saturated heterocycles. The summed E-state index contributed by atoms with van der Waals surface area (Å²) < 4.78 is 1.20. The molecule has 122 valence electrons. The zero-order valence-corrected chi connectivity index (χ0v) is 14.0. The number of fused-ring (bicyclic) bond motifs is 1. The number of hydrogen-bond acceptors (Lipinski definition) is 5. The minimum Gasteiger partial charge on any atom is -0.321 e. The lowest BCUT2D eigenvalue weighted by atomic mass is 10.1. The molecule has 6 heteroatoms. The van der Waals surface area contributed by atoms with Crippen molar-refractivity contribution >= 4 is 33.1 Å². The zero-order valence-electron chi connectivity index (χ0n) is 13.2. The third-order valence-corrected chi connectivity index (χ3v) is 4.74. The molecular formula is C19H14N4OS. The number of benzene rings is 2. The van der Waals surface area contributed by atoms with Crippen molar-refractivity contribution in [1.29, 1.82) is 0 Å². The van der Waals surface area contributed by atoms with E-state index in [2.05, 4.69) is 26.3 Å². The number of carbonyl (C=O) groups excluding carboxylic acids is 1. The molecule has 0 radical (unpaired) electrons. The van der Waals surface area contributed by atoms with E-state index < -0.39 is 0 Å². The van der Waals surface area contributed by atoms with Gasteiger partial charge in [-0.15, -0.1) is 11.3 Å². The Morgan fingerprint density at radius 1 is 1.04 bits per heavy atom. The summed E-state index contributed by atoms with van der Waals surface area (Å²) in [5, 5.41) is 3.90. The van der Waals surface area contributed by atoms with E-state index >= 15 is 0 Å². The van der Waals surface area contributed by atoms with Crippen LogP contribution in [0.4, 0.5) is 5.69 Å². The highest BCUT2D eigenvalue weighted by atomic mass is 32.1. The maximum atomic E-state index is 12.1. The number of nitrogens with one attached hydrogen (secondary N) is 1. The van der Waals surface area contributed by atoms with Gasteiger partial charge in [0.2, 0.25) is 0 Å². The van der Waals surface area contributed by atoms with E-state index in [-0.39, 0.29) is 5.91 Å². The fourth-order valence-electron chi connectivity index (χ4n) is 2.49. The second-order valence-corrected chi connectivity index (χ2v) is 6.61. The number of para-hydroxylation sites is 1. The van der Waals surface area contributed by atoms with E-state index in [9.17, 15) is 4.79 Å². The lowest BCUT2D eigenvalue weighted by Crippen LogP contribution is -2.13. The third-order valence-electron chi connectivity index (χ3n) is 3.70. The SMILES string of the molecule is O=C(Nc1ccc(Cc2nc3ccccc3s2)cc1)c1cnccn1. The van der Waals surface area contributed by atoms with Gasteiger partial charge in [-0.05, 0) is 29.8 Å². The average molecular weight is 346 g/mol. The molecule has 0 aliphatic heterocycles. The molecule has 2 aromatic carbocycles. The molecule has 0 unspecified atom stereocenters. The molecule has 5 nitrogen and oxygen atoms in total. The van der Waals surface area contributed by atoms with Crippen LogP contribution in [0.5, 0.6) is 0 Å². The third kappa shape index (κ3) is 3.54. The Morgan fingerprint density at radius 2 is 1.88 bits per heavy atom. The maximum Gasteiger partial charge on any atom is 0.275 e. The second kappa shape index (κ2) is 6.78. The summed E-state index contributed by atoms with van der Waals surface area (Å²) in [5.41, 5.74) is 3.21. The van der Waals surface area contributed by atoms with Gasteiger partial charge in [-0.3, -0.25) is 9.78 Å². The van der Waals surface area contributed by atoms with Gasteiger partial charge in [-0.2, -0.15) is 0 Å². The summed E-state index contributed by atoms with van der Waals surface area (Å²) in [7, 11) is 0. The van der Waals surface area contributed by atoms with Crippen LogP contribution in [0.1, 0.15) is 21.1 Å². The highest BCUT2D eigenvalue weighted by Crippen LogP contribution is 2.24. The van der Waals surface area contributed by atoms with Crippen molar-refractivity contribution in [3.63, 3.8) is 0 Å². The normalized spacial score (nSPS) is 10.7. The quantitative estimate of drug-likeness (QED) is 0.608. The molecule has 0 bridgehead atoms. The molecule has 0 spiro atoms. The first-order valence-corrected chi connectivity index (χ1v) is 8.60. The van der Waals surface area contributed by atoms with Gasteiger partial charge >= 0.3 is 0 Å². The maximum absolute atomic E-state index is 12.1. The Kier molecular flexibility index (Phi) is 4.18. The first-order valence-electron chi connectivity index (χ1n) is 7.79. The smallest absolute Gasteiger partial charge is 0.275 e. The van der Waals surface area contributed by atoms with Gasteiger partial charge in [0.15, 0.2) is 0 Å². The first kappa shape index (κ1) is 15.4. The lowest BCUT2D eigenvalue weighted by Gasteiger charge is -2.05. The molecule has 2 aromatic heterocycles. The van der Waals surface area contributed by atoms with Crippen molar-refractivity contribution in [1.82, 2.24) is 15.0 Å². The summed E-state index contributed by atoms with van der Waals surface area (Å²) in [6, 6.07) is 15.9. The van der Waals surface area contributed by atoms with Gasteiger partial charge < -0.3 is 5.32 Å². The Bertz CT molecular complexity index is 979. The summed E-state index contributed by atoms with van der Waals surface area (Å²) in [5.74, 6) is -0.271. The number of rotatable bonds is 4. The van der Waals surface area contributed by atoms with Crippen LogP contribution in [0, 0.1) is 0 Å². The van der Waals surface area contributed by atoms with E-state index in [1.165, 1.54) is 23.3 Å². The Labute approximate surface area is 148 Å². The number of carbonyl (C=O) groups is 1. The Balaban J connectivity index is 1.45. The van der Waals surface area contributed by atoms with Gasteiger partial charge in [0.1, 0.15) is 5.69 Å². The predicted molar refractivity (Wildman–Crippen MR) is 98.9 cm³/mol. The molecule has 0 atom stereocenters. The topological polar surface area (TPSA) is 67.8 Å². The van der Waals surface area contributed by atoms with Crippen LogP contribution in [-0.2, 0) is 6.42 Å². The summed E-state index contributed by atoms with van der Waals surface area (Å²) in [6.45, 7) is 0. The van der Waals surface area contributed by atoms with Crippen molar-refractivity contribution in [2.24, 2.45) is 0 Å². The van der Waals surface area contributed by atoms with Crippen LogP contribution in [0.25, 0.3) is 10.2 Å². The lowest BCUT2D eigenvalue weighted by molar-refractivity contribution is 0.102. The van der Waals surface area contributed by atoms with E-state index in [0.717, 1.165) is 28.2 Å². The first-order chi connectivity index (χ1) is 12.3. The number of anilines is 1. The van der Waals surface area contributed by atoms with E-state index in [1.807, 2.05) is 42.5 Å². The summed E-state index contributed by atoms with van der Waals surface area (Å²) >= 11 is 1.71. The molecular weight excluding hydrogens is 332 g/mol. The predicted octanol–water partition coefficient (Wildman–Crippen LogP) is 3.93. The molecule has 4 rings (SSSR count). The van der Waals surface area contributed by atoms with Crippen LogP contribution in [0.3, 0.4) is 0 Å². The molecule has 2 heterocycles. The van der Waals surface area contributed by atoms with Crippen molar-refractivity contribution in [2.45, 2.75) is 6.42 Å². The molecule has 0 aliphatic carbocycles. The van der Waals surface area contributed by atoms with Crippen LogP contribution >= 0.6 is 11.3 Å². The highest BCUT2D eigenvalue weighted by Gasteiger charge is 2.08. The van der Waals surface area contributed by atoms with E-state index in [4.69, 9.17) is 0 Å². The number of amides is 1. The molecule has 0 saturated carbocycles. The number of hydrogen-bond donors (Lipinski definition) is 1. The van der Waals surface area contributed by atoms with Gasteiger partial charge in [0.25, 0.3) is 5.91 Å². The van der Waals surface area contributed by atoms with E-state index in [0.29, 0.717) is 5.69 Å². The van der Waals surface area contributed by atoms with Gasteiger partial charge in [0.05, 0.1) is 21.4 Å². The van der Waals surface area contributed by atoms with Crippen LogP contribution in [0.15, 0.2) is 67.1 Å². The molecule has 0 aliphatic rings. The van der Waals surface area contributed by atoms with Crippen LogP contribution in [0.2, 0.25) is 0 Å². The fourth-order valence-corrected chi connectivity index (χ4v) is 3.49. The Hall–Kier alpha value is -3.12. The number of aromatic nitrogens is 3. The van der Waals surface area contributed by atoms with E-state index in [1.54, 1.807) is 11.3 Å². The molecule has 0 fully saturated rings. The van der Waals surface area contributed by atoms with Gasteiger partial charge in [-0.1, -0.05) is 24.3 Å². The van der Waals surface area contributed by atoms with Crippen molar-refractivity contribution in [2.75, 3.05) is 5.32 Å².